The van der Waals surface area contributed by atoms with Crippen molar-refractivity contribution in [1.82, 2.24) is 5.32 Å². The van der Waals surface area contributed by atoms with Crippen LogP contribution in [-0.2, 0) is 16.1 Å². The van der Waals surface area contributed by atoms with Crippen LogP contribution in [0.15, 0.2) is 41.0 Å². The minimum absolute atomic E-state index is 0. The molecule has 1 aromatic carbocycles. The van der Waals surface area contributed by atoms with Crippen molar-refractivity contribution in [1.29, 1.82) is 0 Å². The number of nitro benzene ring substituents is 1. The number of carbonyl (C=O) groups is 2. The maximum absolute atomic E-state index is 12.5. The van der Waals surface area contributed by atoms with E-state index in [2.05, 4.69) is 5.32 Å². The van der Waals surface area contributed by atoms with Crippen LogP contribution in [0, 0.1) is 10.1 Å². The van der Waals surface area contributed by atoms with Crippen molar-refractivity contribution in [3.05, 3.63) is 63.6 Å². The van der Waals surface area contributed by atoms with E-state index >= 15 is 0 Å². The fourth-order valence-electron chi connectivity index (χ4n) is 2.51. The summed E-state index contributed by atoms with van der Waals surface area (Å²) in [5, 5.41) is 14.0. The maximum atomic E-state index is 12.5. The van der Waals surface area contributed by atoms with Gasteiger partial charge in [0, 0.05) is 6.07 Å². The molecule has 9 nitrogen and oxygen atoms in total. The van der Waals surface area contributed by atoms with E-state index in [-0.39, 0.29) is 48.3 Å². The molecule has 0 spiro atoms. The summed E-state index contributed by atoms with van der Waals surface area (Å²) in [6.07, 6.45) is 0.636. The Balaban J connectivity index is 0.00000392. The molecule has 0 saturated carbocycles. The molecule has 1 heterocycles. The van der Waals surface area contributed by atoms with E-state index in [9.17, 15) is 19.7 Å². The largest absolute Gasteiger partial charge is 0.467 e. The first-order chi connectivity index (χ1) is 12.8. The van der Waals surface area contributed by atoms with Crippen molar-refractivity contribution < 1.29 is 23.7 Å². The number of furan rings is 1. The predicted molar refractivity (Wildman–Crippen MR) is 103 cm³/mol. The van der Waals surface area contributed by atoms with Gasteiger partial charge in [0.15, 0.2) is 0 Å². The quantitative estimate of drug-likeness (QED) is 0.387. The number of nitrogens with one attached hydrogen (secondary N) is 1. The van der Waals surface area contributed by atoms with Crippen LogP contribution < -0.4 is 11.1 Å². The number of nitro groups is 1. The van der Waals surface area contributed by atoms with Crippen LogP contribution in [0.25, 0.3) is 0 Å². The third-order valence-corrected chi connectivity index (χ3v) is 3.67. The predicted octanol–water partition coefficient (Wildman–Crippen LogP) is 2.88. The molecule has 1 atom stereocenters. The van der Waals surface area contributed by atoms with Gasteiger partial charge < -0.3 is 20.2 Å². The number of esters is 1. The van der Waals surface area contributed by atoms with E-state index in [1.165, 1.54) is 30.5 Å². The van der Waals surface area contributed by atoms with Gasteiger partial charge in [-0.05, 0) is 19.9 Å². The van der Waals surface area contributed by atoms with Crippen LogP contribution in [-0.4, -0.2) is 22.9 Å². The monoisotopic (exact) mass is 411 g/mol. The third-order valence-electron chi connectivity index (χ3n) is 3.67. The summed E-state index contributed by atoms with van der Waals surface area (Å²) in [5.41, 5.74) is 5.67. The second-order valence-electron chi connectivity index (χ2n) is 6.09. The van der Waals surface area contributed by atoms with E-state index in [0.29, 0.717) is 5.76 Å². The molecule has 152 valence electrons. The zero-order chi connectivity index (χ0) is 20.0. The average molecular weight is 412 g/mol. The van der Waals surface area contributed by atoms with E-state index in [0.717, 1.165) is 0 Å². The number of para-hydroxylation sites is 1. The summed E-state index contributed by atoms with van der Waals surface area (Å²) in [7, 11) is 0. The molecule has 1 aromatic heterocycles. The van der Waals surface area contributed by atoms with Crippen LogP contribution in [0.1, 0.15) is 48.0 Å². The summed E-state index contributed by atoms with van der Waals surface area (Å²) in [5.74, 6) is -0.705. The fraction of sp³-hybridized carbons (Fsp3) is 0.333. The zero-order valence-electron chi connectivity index (χ0n) is 15.4. The summed E-state index contributed by atoms with van der Waals surface area (Å²) in [4.78, 5) is 35.4. The molecule has 1 unspecified atom stereocenters. The standard InChI is InChI=1S/C18H21N3O6.ClH/c1-11(2)27-17(22)8-15(14-5-3-4-6-16(14)21(24)25)20-18(23)12-7-13(9-19)26-10-12;/h3-7,10-11,15H,8-9,19H2,1-2H3,(H,20,23);1H. The van der Waals surface area contributed by atoms with E-state index in [1.807, 2.05) is 0 Å². The van der Waals surface area contributed by atoms with Gasteiger partial charge in [0.25, 0.3) is 11.6 Å². The lowest BCUT2D eigenvalue weighted by molar-refractivity contribution is -0.385. The number of halogens is 1. The van der Waals surface area contributed by atoms with E-state index in [1.54, 1.807) is 19.9 Å². The normalized spacial score (nSPS) is 11.4. The Bertz CT molecular complexity index is 836. The number of nitrogens with zero attached hydrogens (tertiary/aromatic N) is 1. The summed E-state index contributed by atoms with van der Waals surface area (Å²) in [6.45, 7) is 3.51. The highest BCUT2D eigenvalue weighted by Crippen LogP contribution is 2.28. The van der Waals surface area contributed by atoms with Crippen molar-refractivity contribution >= 4 is 30.0 Å². The Hall–Kier alpha value is -2.91. The van der Waals surface area contributed by atoms with Gasteiger partial charge >= 0.3 is 5.97 Å². The number of nitrogens with two attached hydrogens (primary N) is 1. The van der Waals surface area contributed by atoms with Crippen molar-refractivity contribution in [2.24, 2.45) is 5.73 Å². The highest BCUT2D eigenvalue weighted by molar-refractivity contribution is 5.94. The fourth-order valence-corrected chi connectivity index (χ4v) is 2.51. The van der Waals surface area contributed by atoms with Gasteiger partial charge in [0.05, 0.1) is 41.2 Å². The highest BCUT2D eigenvalue weighted by atomic mass is 35.5. The Kier molecular flexibility index (Phi) is 8.62. The van der Waals surface area contributed by atoms with Gasteiger partial charge in [-0.3, -0.25) is 19.7 Å². The lowest BCUT2D eigenvalue weighted by atomic mass is 10.0. The molecule has 2 aromatic rings. The lowest BCUT2D eigenvalue weighted by Gasteiger charge is -2.19. The maximum Gasteiger partial charge on any atom is 0.308 e. The topological polar surface area (TPSA) is 138 Å². The molecule has 0 saturated heterocycles. The molecule has 1 amide bonds. The number of benzene rings is 1. The second kappa shape index (κ2) is 10.4. The van der Waals surface area contributed by atoms with Crippen molar-refractivity contribution in [2.75, 3.05) is 0 Å². The number of rotatable bonds is 8. The van der Waals surface area contributed by atoms with Crippen LogP contribution >= 0.6 is 12.4 Å². The summed E-state index contributed by atoms with van der Waals surface area (Å²) < 4.78 is 10.2. The van der Waals surface area contributed by atoms with E-state index < -0.39 is 22.8 Å². The molecular weight excluding hydrogens is 390 g/mol. The first-order valence-corrected chi connectivity index (χ1v) is 8.33. The molecule has 28 heavy (non-hydrogen) atoms. The Morgan fingerprint density at radius 2 is 2.00 bits per heavy atom. The molecule has 3 N–H and O–H groups in total. The SMILES string of the molecule is CC(C)OC(=O)CC(NC(=O)c1coc(CN)c1)c1ccccc1[N+](=O)[O-].Cl. The number of carbonyl (C=O) groups excluding carboxylic acids is 2. The van der Waals surface area contributed by atoms with Gasteiger partial charge in [-0.1, -0.05) is 18.2 Å². The lowest BCUT2D eigenvalue weighted by Crippen LogP contribution is -2.31. The van der Waals surface area contributed by atoms with Crippen LogP contribution in [0.5, 0.6) is 0 Å². The Morgan fingerprint density at radius 3 is 2.57 bits per heavy atom. The number of hydrogen-bond acceptors (Lipinski definition) is 7. The Morgan fingerprint density at radius 1 is 1.32 bits per heavy atom. The third kappa shape index (κ3) is 6.07. The number of ether oxygens (including phenoxy) is 1. The van der Waals surface area contributed by atoms with Crippen LogP contribution in [0.2, 0.25) is 0 Å². The Labute approximate surface area is 167 Å². The van der Waals surface area contributed by atoms with Crippen molar-refractivity contribution in [3.8, 4) is 0 Å². The average Bonchev–Trinajstić information content (AvgIpc) is 3.09. The second-order valence-corrected chi connectivity index (χ2v) is 6.09. The molecule has 0 radical (unpaired) electrons. The molecule has 0 aliphatic rings. The first kappa shape index (κ1) is 23.1. The number of hydrogen-bond donors (Lipinski definition) is 2. The molecule has 10 heteroatoms. The zero-order valence-corrected chi connectivity index (χ0v) is 16.2. The van der Waals surface area contributed by atoms with Gasteiger partial charge in [0.1, 0.15) is 12.0 Å². The van der Waals surface area contributed by atoms with Crippen LogP contribution in [0.4, 0.5) is 5.69 Å². The van der Waals surface area contributed by atoms with Gasteiger partial charge in [-0.25, -0.2) is 0 Å². The van der Waals surface area contributed by atoms with E-state index in [4.69, 9.17) is 14.9 Å². The van der Waals surface area contributed by atoms with Gasteiger partial charge in [-0.2, -0.15) is 0 Å². The first-order valence-electron chi connectivity index (χ1n) is 8.33. The van der Waals surface area contributed by atoms with Gasteiger partial charge in [0.2, 0.25) is 0 Å². The number of amides is 1. The van der Waals surface area contributed by atoms with Crippen molar-refractivity contribution in [2.45, 2.75) is 39.0 Å². The highest BCUT2D eigenvalue weighted by Gasteiger charge is 2.27. The van der Waals surface area contributed by atoms with Crippen LogP contribution in [0.3, 0.4) is 0 Å². The molecule has 0 fully saturated rings. The smallest absolute Gasteiger partial charge is 0.308 e. The molecular formula is C18H22ClN3O6. The minimum Gasteiger partial charge on any atom is -0.467 e. The molecule has 0 bridgehead atoms. The summed E-state index contributed by atoms with van der Waals surface area (Å²) >= 11 is 0. The molecule has 2 rings (SSSR count). The van der Waals surface area contributed by atoms with Gasteiger partial charge in [-0.15, -0.1) is 12.4 Å². The minimum atomic E-state index is -0.943. The molecule has 0 aliphatic carbocycles. The molecule has 0 aliphatic heterocycles. The van der Waals surface area contributed by atoms with Crippen molar-refractivity contribution in [3.63, 3.8) is 0 Å². The summed E-state index contributed by atoms with van der Waals surface area (Å²) in [6, 6.07) is 6.44.